The van der Waals surface area contributed by atoms with Gasteiger partial charge in [0.05, 0.1) is 5.75 Å². The minimum absolute atomic E-state index is 0.164. The van der Waals surface area contributed by atoms with E-state index in [1.54, 1.807) is 0 Å². The second-order valence-electron chi connectivity index (χ2n) is 7.81. The molecule has 0 saturated carbocycles. The maximum atomic E-state index is 12.8. The number of thioether (sulfide) groups is 1. The molecular weight excluding hydrogens is 406 g/mol. The number of piperazine rings is 1. The molecule has 0 unspecified atom stereocenters. The van der Waals surface area contributed by atoms with Crippen molar-refractivity contribution in [2.24, 2.45) is 0 Å². The molecule has 1 aliphatic heterocycles. The third-order valence-electron chi connectivity index (χ3n) is 5.83. The number of nitrogens with zero attached hydrogens (tertiary/aromatic N) is 5. The molecule has 0 aliphatic carbocycles. The largest absolute Gasteiger partial charge is 0.368 e. The van der Waals surface area contributed by atoms with Gasteiger partial charge >= 0.3 is 0 Å². The zero-order valence-corrected chi connectivity index (χ0v) is 19.2. The van der Waals surface area contributed by atoms with Gasteiger partial charge in [-0.1, -0.05) is 54.2 Å². The molecule has 6 nitrogen and oxygen atoms in total. The first-order chi connectivity index (χ1) is 15.1. The van der Waals surface area contributed by atoms with Crippen LogP contribution in [0.4, 0.5) is 5.69 Å². The van der Waals surface area contributed by atoms with E-state index in [1.807, 2.05) is 17.0 Å². The van der Waals surface area contributed by atoms with Gasteiger partial charge in [-0.2, -0.15) is 0 Å². The molecule has 2 heterocycles. The third kappa shape index (κ3) is 4.61. The smallest absolute Gasteiger partial charge is 0.233 e. The van der Waals surface area contributed by atoms with Crippen LogP contribution in [0.15, 0.2) is 53.7 Å². The normalized spacial score (nSPS) is 14.2. The Bertz CT molecular complexity index is 1060. The number of para-hydroxylation sites is 1. The van der Waals surface area contributed by atoms with Crippen LogP contribution in [0, 0.1) is 13.8 Å². The minimum atomic E-state index is 0.164. The summed E-state index contributed by atoms with van der Waals surface area (Å²) in [6.07, 6.45) is 0. The highest BCUT2D eigenvalue weighted by Crippen LogP contribution is 2.27. The SMILES string of the molecule is CCn1c(SCC(=O)N2CCN(c3ccccc3C)CC2)nnc1-c1ccccc1C. The van der Waals surface area contributed by atoms with E-state index >= 15 is 0 Å². The van der Waals surface area contributed by atoms with Gasteiger partial charge in [-0.25, -0.2) is 0 Å². The van der Waals surface area contributed by atoms with Crippen LogP contribution < -0.4 is 4.90 Å². The summed E-state index contributed by atoms with van der Waals surface area (Å²) in [6.45, 7) is 10.3. The topological polar surface area (TPSA) is 54.3 Å². The molecule has 1 fully saturated rings. The van der Waals surface area contributed by atoms with E-state index in [0.717, 1.165) is 49.3 Å². The van der Waals surface area contributed by atoms with E-state index < -0.39 is 0 Å². The lowest BCUT2D eigenvalue weighted by Crippen LogP contribution is -2.49. The van der Waals surface area contributed by atoms with Crippen LogP contribution in [0.3, 0.4) is 0 Å². The van der Waals surface area contributed by atoms with Crippen LogP contribution in [0.2, 0.25) is 0 Å². The quantitative estimate of drug-likeness (QED) is 0.548. The number of aryl methyl sites for hydroxylation is 2. The number of carbonyl (C=O) groups is 1. The Kier molecular flexibility index (Phi) is 6.61. The lowest BCUT2D eigenvalue weighted by Gasteiger charge is -2.36. The number of hydrogen-bond acceptors (Lipinski definition) is 5. The lowest BCUT2D eigenvalue weighted by molar-refractivity contribution is -0.128. The van der Waals surface area contributed by atoms with Gasteiger partial charge < -0.3 is 14.4 Å². The number of carbonyl (C=O) groups excluding carboxylic acids is 1. The second kappa shape index (κ2) is 9.56. The predicted molar refractivity (Wildman–Crippen MR) is 127 cm³/mol. The van der Waals surface area contributed by atoms with Gasteiger partial charge in [-0.3, -0.25) is 4.79 Å². The fourth-order valence-electron chi connectivity index (χ4n) is 4.04. The van der Waals surface area contributed by atoms with Gasteiger partial charge in [-0.05, 0) is 38.0 Å². The van der Waals surface area contributed by atoms with Crippen molar-refractivity contribution in [2.75, 3.05) is 36.8 Å². The Labute approximate surface area is 188 Å². The zero-order chi connectivity index (χ0) is 21.8. The van der Waals surface area contributed by atoms with Crippen LogP contribution in [-0.4, -0.2) is 57.5 Å². The van der Waals surface area contributed by atoms with Crippen molar-refractivity contribution < 1.29 is 4.79 Å². The fraction of sp³-hybridized carbons (Fsp3) is 0.375. The van der Waals surface area contributed by atoms with Crippen LogP contribution in [0.5, 0.6) is 0 Å². The summed E-state index contributed by atoms with van der Waals surface area (Å²) in [7, 11) is 0. The molecule has 2 aromatic carbocycles. The van der Waals surface area contributed by atoms with Gasteiger partial charge in [0, 0.05) is 44.0 Å². The Morgan fingerprint density at radius 2 is 1.61 bits per heavy atom. The number of benzene rings is 2. The van der Waals surface area contributed by atoms with E-state index in [2.05, 4.69) is 76.8 Å². The lowest BCUT2D eigenvalue weighted by atomic mass is 10.1. The monoisotopic (exact) mass is 435 g/mol. The highest BCUT2D eigenvalue weighted by atomic mass is 32.2. The molecule has 162 valence electrons. The minimum Gasteiger partial charge on any atom is -0.368 e. The molecule has 1 aromatic heterocycles. The highest BCUT2D eigenvalue weighted by Gasteiger charge is 2.23. The molecule has 4 rings (SSSR count). The maximum Gasteiger partial charge on any atom is 0.233 e. The number of hydrogen-bond donors (Lipinski definition) is 0. The van der Waals surface area contributed by atoms with Crippen LogP contribution in [0.1, 0.15) is 18.1 Å². The molecule has 0 N–H and O–H groups in total. The Hall–Kier alpha value is -2.80. The van der Waals surface area contributed by atoms with Crippen molar-refractivity contribution in [1.82, 2.24) is 19.7 Å². The standard InChI is InChI=1S/C24H29N5OS/c1-4-29-23(20-11-7-5-9-18(20)2)25-26-24(29)31-17-22(30)28-15-13-27(14-16-28)21-12-8-6-10-19(21)3/h5-12H,4,13-17H2,1-3H3. The van der Waals surface area contributed by atoms with Crippen molar-refractivity contribution in [3.8, 4) is 11.4 Å². The highest BCUT2D eigenvalue weighted by molar-refractivity contribution is 7.99. The first-order valence-corrected chi connectivity index (χ1v) is 11.8. The predicted octanol–water partition coefficient (Wildman–Crippen LogP) is 4.02. The number of rotatable bonds is 6. The summed E-state index contributed by atoms with van der Waals surface area (Å²) >= 11 is 1.48. The van der Waals surface area contributed by atoms with E-state index in [-0.39, 0.29) is 5.91 Å². The average Bonchev–Trinajstić information content (AvgIpc) is 3.21. The first kappa shape index (κ1) is 21.4. The van der Waals surface area contributed by atoms with Gasteiger partial charge in [0.25, 0.3) is 0 Å². The summed E-state index contributed by atoms with van der Waals surface area (Å²) in [5.74, 6) is 1.41. The zero-order valence-electron chi connectivity index (χ0n) is 18.4. The number of amides is 1. The Balaban J connectivity index is 1.37. The summed E-state index contributed by atoms with van der Waals surface area (Å²) in [5, 5.41) is 9.60. The molecule has 1 amide bonds. The van der Waals surface area contributed by atoms with E-state index in [0.29, 0.717) is 5.75 Å². The van der Waals surface area contributed by atoms with Crippen LogP contribution >= 0.6 is 11.8 Å². The molecule has 3 aromatic rings. The molecule has 31 heavy (non-hydrogen) atoms. The van der Waals surface area contributed by atoms with Crippen molar-refractivity contribution in [1.29, 1.82) is 0 Å². The van der Waals surface area contributed by atoms with Gasteiger partial charge in [0.15, 0.2) is 11.0 Å². The Morgan fingerprint density at radius 3 is 2.29 bits per heavy atom. The van der Waals surface area contributed by atoms with Gasteiger partial charge in [0.1, 0.15) is 0 Å². The van der Waals surface area contributed by atoms with E-state index in [9.17, 15) is 4.79 Å². The van der Waals surface area contributed by atoms with Crippen molar-refractivity contribution in [2.45, 2.75) is 32.5 Å². The van der Waals surface area contributed by atoms with Gasteiger partial charge in [0.2, 0.25) is 5.91 Å². The maximum absolute atomic E-state index is 12.8. The van der Waals surface area contributed by atoms with E-state index in [4.69, 9.17) is 0 Å². The molecule has 0 spiro atoms. The van der Waals surface area contributed by atoms with Crippen molar-refractivity contribution >= 4 is 23.4 Å². The Morgan fingerprint density at radius 1 is 0.935 bits per heavy atom. The van der Waals surface area contributed by atoms with Gasteiger partial charge in [-0.15, -0.1) is 10.2 Å². The van der Waals surface area contributed by atoms with E-state index in [1.165, 1.54) is 28.6 Å². The number of anilines is 1. The molecule has 1 saturated heterocycles. The summed E-state index contributed by atoms with van der Waals surface area (Å²) in [6, 6.07) is 16.6. The van der Waals surface area contributed by atoms with Crippen LogP contribution in [0.25, 0.3) is 11.4 Å². The first-order valence-electron chi connectivity index (χ1n) is 10.8. The third-order valence-corrected chi connectivity index (χ3v) is 6.78. The molecule has 1 aliphatic rings. The van der Waals surface area contributed by atoms with Crippen LogP contribution in [-0.2, 0) is 11.3 Å². The molecule has 7 heteroatoms. The fourth-order valence-corrected chi connectivity index (χ4v) is 4.94. The molecule has 0 bridgehead atoms. The molecular formula is C24H29N5OS. The second-order valence-corrected chi connectivity index (χ2v) is 8.75. The molecule has 0 atom stereocenters. The summed E-state index contributed by atoms with van der Waals surface area (Å²) in [4.78, 5) is 17.2. The van der Waals surface area contributed by atoms with Crippen molar-refractivity contribution in [3.05, 3.63) is 59.7 Å². The molecule has 0 radical (unpaired) electrons. The summed E-state index contributed by atoms with van der Waals surface area (Å²) < 4.78 is 2.09. The summed E-state index contributed by atoms with van der Waals surface area (Å²) in [5.41, 5.74) is 4.80. The number of aromatic nitrogens is 3. The van der Waals surface area contributed by atoms with Crippen molar-refractivity contribution in [3.63, 3.8) is 0 Å². The average molecular weight is 436 g/mol.